The van der Waals surface area contributed by atoms with Crippen LogP contribution in [0.5, 0.6) is 0 Å². The van der Waals surface area contributed by atoms with E-state index in [4.69, 9.17) is 14.8 Å². The molecule has 15 heteroatoms. The van der Waals surface area contributed by atoms with Crippen molar-refractivity contribution < 1.29 is 13.9 Å². The van der Waals surface area contributed by atoms with E-state index in [9.17, 15) is 4.79 Å². The van der Waals surface area contributed by atoms with Gasteiger partial charge in [0.15, 0.2) is 5.65 Å². The molecule has 4 aromatic rings. The summed E-state index contributed by atoms with van der Waals surface area (Å²) in [6.45, 7) is 9.40. The molecule has 0 radical (unpaired) electrons. The summed E-state index contributed by atoms with van der Waals surface area (Å²) in [6, 6.07) is 3.99. The van der Waals surface area contributed by atoms with Crippen molar-refractivity contribution in [2.24, 2.45) is 0 Å². The van der Waals surface area contributed by atoms with Crippen LogP contribution in [0.2, 0.25) is 0 Å². The first-order valence-electron chi connectivity index (χ1n) is 15.5. The Kier molecular flexibility index (Phi) is 8.27. The summed E-state index contributed by atoms with van der Waals surface area (Å²) >= 11 is 0. The number of anilines is 1. The van der Waals surface area contributed by atoms with Gasteiger partial charge in [-0.15, -0.1) is 0 Å². The predicted molar refractivity (Wildman–Crippen MR) is 176 cm³/mol. The number of piperidine rings is 1. The second-order valence-electron chi connectivity index (χ2n) is 13.3. The SMILES string of the molecule is BC(B)(B)NC(=O)c1cc(C)c(F)c(-c2cnn3cc(-c4cnn(C5CCN(C(C)C)CC5)n4)c(N[C@H]4CCOC4)nc23)c1. The number of hydrogen-bond acceptors (Lipinski definition) is 8. The second-order valence-corrected chi connectivity index (χ2v) is 13.3. The van der Waals surface area contributed by atoms with Gasteiger partial charge in [0, 0.05) is 48.6 Å². The predicted octanol–water partition coefficient (Wildman–Crippen LogP) is 0.589. The summed E-state index contributed by atoms with van der Waals surface area (Å²) in [5, 5.41) is 20.2. The second kappa shape index (κ2) is 12.0. The number of benzene rings is 1. The minimum absolute atomic E-state index is 0.0777. The van der Waals surface area contributed by atoms with Crippen molar-refractivity contribution in [3.8, 4) is 22.4 Å². The first-order chi connectivity index (χ1) is 21.0. The fourth-order valence-electron chi connectivity index (χ4n) is 5.96. The Morgan fingerprint density at radius 2 is 1.86 bits per heavy atom. The Morgan fingerprint density at radius 3 is 2.55 bits per heavy atom. The van der Waals surface area contributed by atoms with E-state index in [0.717, 1.165) is 37.9 Å². The van der Waals surface area contributed by atoms with Crippen molar-refractivity contribution in [1.82, 2.24) is 39.8 Å². The summed E-state index contributed by atoms with van der Waals surface area (Å²) in [5.41, 5.74) is 3.42. The van der Waals surface area contributed by atoms with Crippen molar-refractivity contribution in [3.63, 3.8) is 0 Å². The van der Waals surface area contributed by atoms with Crippen LogP contribution in [0.3, 0.4) is 0 Å². The molecule has 2 N–H and O–H groups in total. The first-order valence-corrected chi connectivity index (χ1v) is 15.5. The van der Waals surface area contributed by atoms with Crippen LogP contribution in [0.4, 0.5) is 10.2 Å². The molecule has 228 valence electrons. The molecule has 2 aliphatic heterocycles. The zero-order chi connectivity index (χ0) is 31.2. The quantitative estimate of drug-likeness (QED) is 0.284. The smallest absolute Gasteiger partial charge is 0.249 e. The highest BCUT2D eigenvalue weighted by Gasteiger charge is 2.26. The highest BCUT2D eigenvalue weighted by Crippen LogP contribution is 2.34. The summed E-state index contributed by atoms with van der Waals surface area (Å²) < 4.78 is 22.9. The van der Waals surface area contributed by atoms with Gasteiger partial charge >= 0.3 is 0 Å². The Hall–Kier alpha value is -3.71. The Bertz CT molecular complexity index is 1670. The van der Waals surface area contributed by atoms with E-state index in [1.54, 1.807) is 36.0 Å². The third-order valence-electron chi connectivity index (χ3n) is 8.40. The van der Waals surface area contributed by atoms with Crippen LogP contribution in [0.15, 0.2) is 30.7 Å². The summed E-state index contributed by atoms with van der Waals surface area (Å²) in [7, 11) is 5.73. The fraction of sp³-hybridized carbons (Fsp3) is 0.483. The average Bonchev–Trinajstić information content (AvgIpc) is 3.75. The minimum atomic E-state index is -0.431. The highest BCUT2D eigenvalue weighted by molar-refractivity contribution is 6.60. The number of halogens is 1. The van der Waals surface area contributed by atoms with E-state index < -0.39 is 11.1 Å². The van der Waals surface area contributed by atoms with E-state index in [1.165, 1.54) is 0 Å². The third kappa shape index (κ3) is 6.25. The lowest BCUT2D eigenvalue weighted by atomic mass is 9.49. The number of ether oxygens (including phenoxy) is 1. The molecule has 0 aliphatic carbocycles. The number of carbonyl (C=O) groups excluding carboxylic acids is 1. The van der Waals surface area contributed by atoms with E-state index in [-0.39, 0.29) is 23.6 Å². The van der Waals surface area contributed by atoms with Crippen molar-refractivity contribution in [3.05, 3.63) is 47.7 Å². The molecule has 0 unspecified atom stereocenters. The van der Waals surface area contributed by atoms with Crippen LogP contribution in [0.1, 0.15) is 55.1 Å². The van der Waals surface area contributed by atoms with Crippen LogP contribution >= 0.6 is 0 Å². The molecule has 2 aliphatic rings. The minimum Gasteiger partial charge on any atom is -0.379 e. The lowest BCUT2D eigenvalue weighted by molar-refractivity contribution is 0.0952. The van der Waals surface area contributed by atoms with E-state index in [1.807, 2.05) is 34.5 Å². The Labute approximate surface area is 259 Å². The number of hydrogen-bond donors (Lipinski definition) is 2. The van der Waals surface area contributed by atoms with E-state index in [0.29, 0.717) is 53.1 Å². The van der Waals surface area contributed by atoms with Gasteiger partial charge in [-0.3, -0.25) is 4.79 Å². The van der Waals surface area contributed by atoms with Gasteiger partial charge in [-0.2, -0.15) is 20.1 Å². The van der Waals surface area contributed by atoms with Gasteiger partial charge in [0.1, 0.15) is 40.9 Å². The maximum Gasteiger partial charge on any atom is 0.249 e. The van der Waals surface area contributed by atoms with Crippen molar-refractivity contribution in [2.75, 3.05) is 31.6 Å². The maximum atomic E-state index is 15.6. The fourth-order valence-corrected chi connectivity index (χ4v) is 5.96. The number of amides is 1. The zero-order valence-corrected chi connectivity index (χ0v) is 26.4. The van der Waals surface area contributed by atoms with Crippen molar-refractivity contribution in [1.29, 1.82) is 0 Å². The molecular weight excluding hydrogens is 558 g/mol. The van der Waals surface area contributed by atoms with Gasteiger partial charge in [-0.25, -0.2) is 13.9 Å². The van der Waals surface area contributed by atoms with E-state index in [2.05, 4.69) is 39.6 Å². The number of likely N-dealkylation sites (tertiary alicyclic amines) is 1. The third-order valence-corrected chi connectivity index (χ3v) is 8.40. The highest BCUT2D eigenvalue weighted by atomic mass is 19.1. The molecule has 6 rings (SSSR count). The molecule has 1 atom stereocenters. The number of nitrogens with one attached hydrogen (secondary N) is 2. The summed E-state index contributed by atoms with van der Waals surface area (Å²) in [4.78, 5) is 22.3. The summed E-state index contributed by atoms with van der Waals surface area (Å²) in [6.07, 6.45) is 8.07. The summed E-state index contributed by atoms with van der Waals surface area (Å²) in [5.74, 6) is -0.0754. The van der Waals surface area contributed by atoms with Crippen LogP contribution < -0.4 is 10.6 Å². The van der Waals surface area contributed by atoms with E-state index >= 15 is 4.39 Å². The Morgan fingerprint density at radius 1 is 1.09 bits per heavy atom. The largest absolute Gasteiger partial charge is 0.379 e. The average molecular weight is 597 g/mol. The van der Waals surface area contributed by atoms with Crippen LogP contribution in [0.25, 0.3) is 28.0 Å². The van der Waals surface area contributed by atoms with Crippen molar-refractivity contribution >= 4 is 40.9 Å². The molecule has 2 saturated heterocycles. The molecule has 1 amide bonds. The number of fused-ring (bicyclic) bond motifs is 1. The molecule has 3 aromatic heterocycles. The molecule has 44 heavy (non-hydrogen) atoms. The van der Waals surface area contributed by atoms with Gasteiger partial charge in [0.25, 0.3) is 0 Å². The Balaban J connectivity index is 1.38. The molecule has 2 fully saturated rings. The molecule has 5 heterocycles. The lowest BCUT2D eigenvalue weighted by Gasteiger charge is -2.34. The number of aryl methyl sites for hydroxylation is 1. The molecular formula is C29H39B3FN9O2. The number of rotatable bonds is 8. The number of aromatic nitrogens is 6. The van der Waals surface area contributed by atoms with Crippen molar-refractivity contribution in [2.45, 2.75) is 63.4 Å². The van der Waals surface area contributed by atoms with Gasteiger partial charge in [-0.05, 0) is 63.0 Å². The van der Waals surface area contributed by atoms with Gasteiger partial charge in [0.05, 0.1) is 36.6 Å². The molecule has 0 bridgehead atoms. The number of nitrogens with zero attached hydrogens (tertiary/aromatic N) is 7. The maximum absolute atomic E-state index is 15.6. The molecule has 11 nitrogen and oxygen atoms in total. The molecule has 0 saturated carbocycles. The lowest BCUT2D eigenvalue weighted by Crippen LogP contribution is -2.50. The normalized spacial score (nSPS) is 18.3. The topological polar surface area (TPSA) is 114 Å². The first kappa shape index (κ1) is 30.3. The van der Waals surface area contributed by atoms with Crippen LogP contribution in [0, 0.1) is 12.7 Å². The monoisotopic (exact) mass is 597 g/mol. The standard InChI is InChI=1S/C29H39B3FN9O2/c1-16(2)40-7-4-20(5-8-40)42-35-13-24(39-42)23-14-41-27(37-26(23)36-19-6-9-44-15-19)22(12-34-41)21-11-18(10-17(3)25(21)33)28(43)38-29(30,31)32/h10-14,16,19-20H,4-9,15,30-32H2,1-3H3,(H,36,37)(H,38,43)/t19-/m0/s1. The zero-order valence-electron chi connectivity index (χ0n) is 26.4. The van der Waals surface area contributed by atoms with Gasteiger partial charge in [0.2, 0.25) is 5.91 Å². The number of carbonyl (C=O) groups is 1. The van der Waals surface area contributed by atoms with Gasteiger partial charge < -0.3 is 20.3 Å². The van der Waals surface area contributed by atoms with Gasteiger partial charge in [-0.1, -0.05) is 0 Å². The van der Waals surface area contributed by atoms with Crippen LogP contribution in [-0.2, 0) is 4.74 Å². The van der Waals surface area contributed by atoms with Crippen LogP contribution in [-0.4, -0.2) is 108 Å². The molecule has 1 aromatic carbocycles. The molecule has 0 spiro atoms.